The summed E-state index contributed by atoms with van der Waals surface area (Å²) in [5.41, 5.74) is 2.47. The molecule has 2 aromatic rings. The molecule has 0 aliphatic rings. The fourth-order valence-corrected chi connectivity index (χ4v) is 4.08. The first kappa shape index (κ1) is 25.4. The van der Waals surface area contributed by atoms with E-state index in [1.165, 1.54) is 6.07 Å². The van der Waals surface area contributed by atoms with Crippen LogP contribution >= 0.6 is 0 Å². The van der Waals surface area contributed by atoms with Crippen LogP contribution in [0.4, 0.5) is 18.9 Å². The van der Waals surface area contributed by atoms with Gasteiger partial charge in [0.25, 0.3) is 5.91 Å². The number of benzene rings is 2. The van der Waals surface area contributed by atoms with E-state index in [0.29, 0.717) is 22.5 Å². The van der Waals surface area contributed by atoms with Gasteiger partial charge in [0.1, 0.15) is 6.54 Å². The average Bonchev–Trinajstić information content (AvgIpc) is 2.69. The van der Waals surface area contributed by atoms with Crippen molar-refractivity contribution in [2.75, 3.05) is 17.1 Å². The molecular formula is C22H26F3N3O3S. The molecule has 0 heterocycles. The Bertz CT molecular complexity index is 1080. The van der Waals surface area contributed by atoms with Gasteiger partial charge in [-0.15, -0.1) is 0 Å². The van der Waals surface area contributed by atoms with Gasteiger partial charge in [-0.05, 0) is 42.5 Å². The molecule has 0 aliphatic carbocycles. The molecule has 2 aromatic carbocycles. The standard InChI is InChI=1S/C22H26F3N3O3S/c1-16(14-21(2,3)17-9-6-5-7-10-17)26-27-20(29)15-28(32(4,30)31)19-12-8-11-18(13-19)22(23,24)25/h5-13H,14-15H2,1-4H3,(H,27,29). The van der Waals surface area contributed by atoms with Crippen LogP contribution in [0.1, 0.15) is 38.3 Å². The van der Waals surface area contributed by atoms with Crippen molar-refractivity contribution in [3.05, 3.63) is 65.7 Å². The minimum Gasteiger partial charge on any atom is -0.271 e. The zero-order valence-corrected chi connectivity index (χ0v) is 19.1. The Labute approximate surface area is 186 Å². The van der Waals surface area contributed by atoms with Gasteiger partial charge in [0, 0.05) is 5.71 Å². The largest absolute Gasteiger partial charge is 0.416 e. The van der Waals surface area contributed by atoms with Gasteiger partial charge < -0.3 is 0 Å². The molecule has 0 aromatic heterocycles. The van der Waals surface area contributed by atoms with E-state index in [1.54, 1.807) is 6.92 Å². The minimum atomic E-state index is -4.64. The normalized spacial score (nSPS) is 13.0. The van der Waals surface area contributed by atoms with Gasteiger partial charge in [-0.25, -0.2) is 13.8 Å². The van der Waals surface area contributed by atoms with Crippen LogP contribution in [0.15, 0.2) is 59.7 Å². The predicted octanol–water partition coefficient (Wildman–Crippen LogP) is 4.33. The molecule has 0 fully saturated rings. The summed E-state index contributed by atoms with van der Waals surface area (Å²) in [6.45, 7) is 5.08. The van der Waals surface area contributed by atoms with Crippen LogP contribution in [-0.4, -0.2) is 32.8 Å². The van der Waals surface area contributed by atoms with Gasteiger partial charge in [-0.2, -0.15) is 18.3 Å². The van der Waals surface area contributed by atoms with Crippen molar-refractivity contribution in [1.29, 1.82) is 0 Å². The molecule has 6 nitrogen and oxygen atoms in total. The molecule has 0 spiro atoms. The van der Waals surface area contributed by atoms with Crippen LogP contribution in [0, 0.1) is 0 Å². The highest BCUT2D eigenvalue weighted by Crippen LogP contribution is 2.32. The first-order chi connectivity index (χ1) is 14.7. The van der Waals surface area contributed by atoms with Crippen LogP contribution in [0.5, 0.6) is 0 Å². The number of sulfonamides is 1. The molecule has 10 heteroatoms. The van der Waals surface area contributed by atoms with E-state index in [1.807, 2.05) is 44.2 Å². The second kappa shape index (κ2) is 9.72. The molecule has 0 aliphatic heterocycles. The maximum atomic E-state index is 13.0. The molecule has 174 valence electrons. The lowest BCUT2D eigenvalue weighted by atomic mass is 9.80. The van der Waals surface area contributed by atoms with Gasteiger partial charge in [0.2, 0.25) is 10.0 Å². The number of nitrogens with zero attached hydrogens (tertiary/aromatic N) is 2. The molecule has 0 radical (unpaired) electrons. The zero-order valence-electron chi connectivity index (χ0n) is 18.3. The Balaban J connectivity index is 2.13. The van der Waals surface area contributed by atoms with E-state index in [4.69, 9.17) is 0 Å². The molecule has 0 atom stereocenters. The Hall–Kier alpha value is -2.88. The van der Waals surface area contributed by atoms with Crippen molar-refractivity contribution >= 4 is 27.3 Å². The third kappa shape index (κ3) is 7.08. The van der Waals surface area contributed by atoms with Gasteiger partial charge in [0.15, 0.2) is 0 Å². The van der Waals surface area contributed by atoms with Crippen molar-refractivity contribution in [3.8, 4) is 0 Å². The van der Waals surface area contributed by atoms with Crippen LogP contribution in [0.2, 0.25) is 0 Å². The molecule has 0 bridgehead atoms. The highest BCUT2D eigenvalue weighted by Gasteiger charge is 2.32. The molecule has 0 saturated heterocycles. The maximum Gasteiger partial charge on any atom is 0.416 e. The van der Waals surface area contributed by atoms with Crippen LogP contribution in [0.3, 0.4) is 0 Å². The van der Waals surface area contributed by atoms with E-state index in [2.05, 4.69) is 10.5 Å². The monoisotopic (exact) mass is 469 g/mol. The number of nitrogens with one attached hydrogen (secondary N) is 1. The summed E-state index contributed by atoms with van der Waals surface area (Å²) in [7, 11) is -4.02. The number of halogens is 3. The second-order valence-corrected chi connectivity index (χ2v) is 10.0. The molecule has 2 rings (SSSR count). The number of carbonyl (C=O) groups is 1. The number of rotatable bonds is 8. The van der Waals surface area contributed by atoms with E-state index in [0.717, 1.165) is 24.0 Å². The Morgan fingerprint density at radius 2 is 1.62 bits per heavy atom. The smallest absolute Gasteiger partial charge is 0.271 e. The Morgan fingerprint density at radius 3 is 2.19 bits per heavy atom. The number of anilines is 1. The highest BCUT2D eigenvalue weighted by molar-refractivity contribution is 7.92. The molecule has 32 heavy (non-hydrogen) atoms. The molecule has 0 saturated carbocycles. The lowest BCUT2D eigenvalue weighted by molar-refractivity contribution is -0.137. The van der Waals surface area contributed by atoms with Crippen molar-refractivity contribution in [1.82, 2.24) is 5.43 Å². The lowest BCUT2D eigenvalue weighted by Crippen LogP contribution is -2.39. The zero-order chi connectivity index (χ0) is 24.2. The topological polar surface area (TPSA) is 78.8 Å². The third-order valence-corrected chi connectivity index (χ3v) is 5.91. The summed E-state index contributed by atoms with van der Waals surface area (Å²) in [5, 5.41) is 4.04. The van der Waals surface area contributed by atoms with Crippen molar-refractivity contribution in [2.24, 2.45) is 5.10 Å². The highest BCUT2D eigenvalue weighted by atomic mass is 32.2. The summed E-state index contributed by atoms with van der Waals surface area (Å²) < 4.78 is 63.9. The first-order valence-electron chi connectivity index (χ1n) is 9.72. The summed E-state index contributed by atoms with van der Waals surface area (Å²) in [6.07, 6.45) is -3.30. The number of amides is 1. The fourth-order valence-electron chi connectivity index (χ4n) is 3.23. The maximum absolute atomic E-state index is 13.0. The second-order valence-electron chi connectivity index (χ2n) is 8.13. The minimum absolute atomic E-state index is 0.254. The van der Waals surface area contributed by atoms with Crippen molar-refractivity contribution in [3.63, 3.8) is 0 Å². The Morgan fingerprint density at radius 1 is 1.03 bits per heavy atom. The fraction of sp³-hybridized carbons (Fsp3) is 0.364. The van der Waals surface area contributed by atoms with Gasteiger partial charge >= 0.3 is 6.18 Å². The van der Waals surface area contributed by atoms with E-state index in [9.17, 15) is 26.4 Å². The third-order valence-electron chi connectivity index (χ3n) is 4.77. The van der Waals surface area contributed by atoms with Gasteiger partial charge in [-0.1, -0.05) is 50.2 Å². The first-order valence-corrected chi connectivity index (χ1v) is 11.6. The van der Waals surface area contributed by atoms with E-state index in [-0.39, 0.29) is 11.1 Å². The lowest BCUT2D eigenvalue weighted by Gasteiger charge is -2.25. The molecular weight excluding hydrogens is 443 g/mol. The Kier molecular flexibility index (Phi) is 7.71. The summed E-state index contributed by atoms with van der Waals surface area (Å²) in [6, 6.07) is 13.5. The quantitative estimate of drug-likeness (QED) is 0.462. The molecule has 1 N–H and O–H groups in total. The molecule has 1 amide bonds. The SMILES string of the molecule is CC(CC(C)(C)c1ccccc1)=NNC(=O)CN(c1cccc(C(F)(F)F)c1)S(C)(=O)=O. The average molecular weight is 470 g/mol. The molecule has 0 unspecified atom stereocenters. The summed E-state index contributed by atoms with van der Waals surface area (Å²) in [5.74, 6) is -0.773. The summed E-state index contributed by atoms with van der Waals surface area (Å²) in [4.78, 5) is 12.3. The van der Waals surface area contributed by atoms with Crippen LogP contribution in [0.25, 0.3) is 0 Å². The van der Waals surface area contributed by atoms with E-state index >= 15 is 0 Å². The summed E-state index contributed by atoms with van der Waals surface area (Å²) >= 11 is 0. The van der Waals surface area contributed by atoms with Crippen LogP contribution in [-0.2, 0) is 26.4 Å². The number of hydrazone groups is 1. The number of hydrogen-bond donors (Lipinski definition) is 1. The predicted molar refractivity (Wildman–Crippen MR) is 119 cm³/mol. The number of hydrogen-bond acceptors (Lipinski definition) is 4. The van der Waals surface area contributed by atoms with Crippen molar-refractivity contribution < 1.29 is 26.4 Å². The number of alkyl halides is 3. The van der Waals surface area contributed by atoms with Crippen LogP contribution < -0.4 is 9.73 Å². The van der Waals surface area contributed by atoms with Gasteiger partial charge in [-0.3, -0.25) is 9.10 Å². The van der Waals surface area contributed by atoms with Gasteiger partial charge in [0.05, 0.1) is 17.5 Å². The van der Waals surface area contributed by atoms with Crippen molar-refractivity contribution in [2.45, 2.75) is 38.8 Å². The number of carbonyl (C=O) groups excluding carboxylic acids is 1. The van der Waals surface area contributed by atoms with E-state index < -0.39 is 34.2 Å².